The van der Waals surface area contributed by atoms with E-state index in [1.54, 1.807) is 0 Å². The SMILES string of the molecule is CCc1c(Cl)ncnc1N(CCO)C1CCC1. The van der Waals surface area contributed by atoms with E-state index >= 15 is 0 Å². The Morgan fingerprint density at radius 3 is 2.76 bits per heavy atom. The molecule has 5 heteroatoms. The van der Waals surface area contributed by atoms with Crippen molar-refractivity contribution in [3.05, 3.63) is 17.0 Å². The van der Waals surface area contributed by atoms with Crippen LogP contribution >= 0.6 is 11.6 Å². The van der Waals surface area contributed by atoms with Gasteiger partial charge < -0.3 is 10.0 Å². The zero-order valence-corrected chi connectivity index (χ0v) is 10.8. The summed E-state index contributed by atoms with van der Waals surface area (Å²) in [5.74, 6) is 0.895. The predicted molar refractivity (Wildman–Crippen MR) is 68.5 cm³/mol. The summed E-state index contributed by atoms with van der Waals surface area (Å²) in [6, 6.07) is 0.499. The van der Waals surface area contributed by atoms with Gasteiger partial charge in [-0.1, -0.05) is 18.5 Å². The van der Waals surface area contributed by atoms with Crippen LogP contribution < -0.4 is 4.90 Å². The van der Waals surface area contributed by atoms with Crippen molar-refractivity contribution in [1.82, 2.24) is 9.97 Å². The average Bonchev–Trinajstić information content (AvgIpc) is 2.26. The zero-order valence-electron chi connectivity index (χ0n) is 10.1. The molecule has 0 bridgehead atoms. The molecule has 1 aliphatic carbocycles. The molecular formula is C12H18ClN3O. The molecule has 1 aromatic heterocycles. The van der Waals surface area contributed by atoms with Gasteiger partial charge in [0, 0.05) is 18.2 Å². The van der Waals surface area contributed by atoms with E-state index in [9.17, 15) is 5.11 Å². The number of aliphatic hydroxyl groups is 1. The van der Waals surface area contributed by atoms with E-state index in [4.69, 9.17) is 11.6 Å². The second kappa shape index (κ2) is 5.65. The molecule has 4 nitrogen and oxygen atoms in total. The molecule has 1 N–H and O–H groups in total. The van der Waals surface area contributed by atoms with Gasteiger partial charge in [-0.2, -0.15) is 0 Å². The third kappa shape index (κ3) is 2.53. The molecular weight excluding hydrogens is 238 g/mol. The lowest BCUT2D eigenvalue weighted by atomic mass is 9.91. The monoisotopic (exact) mass is 255 g/mol. The van der Waals surface area contributed by atoms with E-state index < -0.39 is 0 Å². The number of hydrogen-bond donors (Lipinski definition) is 1. The number of aliphatic hydroxyl groups excluding tert-OH is 1. The summed E-state index contributed by atoms with van der Waals surface area (Å²) in [7, 11) is 0. The van der Waals surface area contributed by atoms with Crippen molar-refractivity contribution in [2.45, 2.75) is 38.6 Å². The summed E-state index contributed by atoms with van der Waals surface area (Å²) in [6.07, 6.45) is 5.91. The summed E-state index contributed by atoms with van der Waals surface area (Å²) in [5, 5.41) is 9.71. The molecule has 0 radical (unpaired) electrons. The van der Waals surface area contributed by atoms with Gasteiger partial charge in [0.05, 0.1) is 6.61 Å². The Labute approximate surface area is 107 Å². The van der Waals surface area contributed by atoms with E-state index in [2.05, 4.69) is 14.9 Å². The molecule has 0 spiro atoms. The van der Waals surface area contributed by atoms with Crippen molar-refractivity contribution in [3.8, 4) is 0 Å². The first-order chi connectivity index (χ1) is 8.27. The third-order valence-corrected chi connectivity index (χ3v) is 3.68. The van der Waals surface area contributed by atoms with Crippen LogP contribution in [-0.4, -0.2) is 34.3 Å². The lowest BCUT2D eigenvalue weighted by Gasteiger charge is -2.39. The number of nitrogens with zero attached hydrogens (tertiary/aromatic N) is 3. The van der Waals surface area contributed by atoms with Crippen LogP contribution in [0, 0.1) is 0 Å². The fourth-order valence-corrected chi connectivity index (χ4v) is 2.46. The van der Waals surface area contributed by atoms with Gasteiger partial charge in [-0.05, 0) is 25.7 Å². The van der Waals surface area contributed by atoms with Crippen molar-refractivity contribution >= 4 is 17.4 Å². The molecule has 94 valence electrons. The molecule has 1 aromatic rings. The maximum Gasteiger partial charge on any atom is 0.137 e. The summed E-state index contributed by atoms with van der Waals surface area (Å²) >= 11 is 6.10. The van der Waals surface area contributed by atoms with Gasteiger partial charge >= 0.3 is 0 Å². The molecule has 0 amide bonds. The number of hydrogen-bond acceptors (Lipinski definition) is 4. The summed E-state index contributed by atoms with van der Waals surface area (Å²) in [4.78, 5) is 10.5. The van der Waals surface area contributed by atoms with Crippen LogP contribution in [0.25, 0.3) is 0 Å². The standard InChI is InChI=1S/C12H18ClN3O/c1-2-10-11(13)14-8-15-12(10)16(6-7-17)9-4-3-5-9/h8-9,17H,2-7H2,1H3. The quantitative estimate of drug-likeness (QED) is 0.818. The van der Waals surface area contributed by atoms with E-state index in [0.29, 0.717) is 17.7 Å². The Hall–Kier alpha value is -0.870. The van der Waals surface area contributed by atoms with Gasteiger partial charge in [-0.25, -0.2) is 9.97 Å². The number of aromatic nitrogens is 2. The fourth-order valence-electron chi connectivity index (χ4n) is 2.20. The Morgan fingerprint density at radius 2 is 2.24 bits per heavy atom. The Balaban J connectivity index is 2.30. The first-order valence-corrected chi connectivity index (χ1v) is 6.52. The third-order valence-electron chi connectivity index (χ3n) is 3.35. The predicted octanol–water partition coefficient (Wildman–Crippen LogP) is 2.04. The van der Waals surface area contributed by atoms with Gasteiger partial charge in [-0.15, -0.1) is 0 Å². The molecule has 2 rings (SSSR count). The van der Waals surface area contributed by atoms with Crippen LogP contribution in [0.1, 0.15) is 31.7 Å². The number of anilines is 1. The van der Waals surface area contributed by atoms with Gasteiger partial charge in [0.15, 0.2) is 0 Å². The van der Waals surface area contributed by atoms with Crippen molar-refractivity contribution in [3.63, 3.8) is 0 Å². The largest absolute Gasteiger partial charge is 0.395 e. The van der Waals surface area contributed by atoms with E-state index in [0.717, 1.165) is 17.8 Å². The minimum absolute atomic E-state index is 0.140. The van der Waals surface area contributed by atoms with Crippen molar-refractivity contribution < 1.29 is 5.11 Å². The lowest BCUT2D eigenvalue weighted by Crippen LogP contribution is -2.43. The van der Waals surface area contributed by atoms with Crippen LogP contribution in [0.15, 0.2) is 6.33 Å². The van der Waals surface area contributed by atoms with Crippen LogP contribution in [0.5, 0.6) is 0 Å². The minimum Gasteiger partial charge on any atom is -0.395 e. The molecule has 0 unspecified atom stereocenters. The highest BCUT2D eigenvalue weighted by atomic mass is 35.5. The molecule has 1 fully saturated rings. The van der Waals surface area contributed by atoms with Crippen LogP contribution in [-0.2, 0) is 6.42 Å². The van der Waals surface area contributed by atoms with Crippen molar-refractivity contribution in [1.29, 1.82) is 0 Å². The van der Waals surface area contributed by atoms with E-state index in [-0.39, 0.29) is 6.61 Å². The molecule has 1 aliphatic rings. The average molecular weight is 256 g/mol. The van der Waals surface area contributed by atoms with Crippen LogP contribution in [0.2, 0.25) is 5.15 Å². The smallest absolute Gasteiger partial charge is 0.137 e. The molecule has 0 aliphatic heterocycles. The second-order valence-electron chi connectivity index (χ2n) is 4.32. The van der Waals surface area contributed by atoms with Gasteiger partial charge in [0.2, 0.25) is 0 Å². The van der Waals surface area contributed by atoms with Crippen LogP contribution in [0.4, 0.5) is 5.82 Å². The molecule has 1 saturated carbocycles. The minimum atomic E-state index is 0.140. The topological polar surface area (TPSA) is 49.2 Å². The lowest BCUT2D eigenvalue weighted by molar-refractivity contribution is 0.282. The first kappa shape index (κ1) is 12.6. The van der Waals surface area contributed by atoms with Crippen molar-refractivity contribution in [2.75, 3.05) is 18.1 Å². The summed E-state index contributed by atoms with van der Waals surface area (Å²) in [5.41, 5.74) is 0.981. The number of halogens is 1. The molecule has 1 heterocycles. The normalized spacial score (nSPS) is 15.7. The van der Waals surface area contributed by atoms with Gasteiger partial charge in [0.25, 0.3) is 0 Å². The summed E-state index contributed by atoms with van der Waals surface area (Å²) < 4.78 is 0. The molecule has 0 saturated heterocycles. The highest BCUT2D eigenvalue weighted by Crippen LogP contribution is 2.32. The van der Waals surface area contributed by atoms with E-state index in [1.807, 2.05) is 6.92 Å². The maximum atomic E-state index is 9.18. The maximum absolute atomic E-state index is 9.18. The second-order valence-corrected chi connectivity index (χ2v) is 4.68. The highest BCUT2D eigenvalue weighted by molar-refractivity contribution is 6.30. The Bertz CT molecular complexity index is 382. The van der Waals surface area contributed by atoms with E-state index in [1.165, 1.54) is 25.6 Å². The first-order valence-electron chi connectivity index (χ1n) is 6.14. The fraction of sp³-hybridized carbons (Fsp3) is 0.667. The Kier molecular flexibility index (Phi) is 4.18. The molecule has 0 atom stereocenters. The molecule has 0 aromatic carbocycles. The highest BCUT2D eigenvalue weighted by Gasteiger charge is 2.27. The van der Waals surface area contributed by atoms with Gasteiger partial charge in [0.1, 0.15) is 17.3 Å². The zero-order chi connectivity index (χ0) is 12.3. The van der Waals surface area contributed by atoms with Crippen molar-refractivity contribution in [2.24, 2.45) is 0 Å². The van der Waals surface area contributed by atoms with Crippen LogP contribution in [0.3, 0.4) is 0 Å². The Morgan fingerprint density at radius 1 is 1.47 bits per heavy atom. The summed E-state index contributed by atoms with van der Waals surface area (Å²) in [6.45, 7) is 2.80. The number of rotatable bonds is 5. The van der Waals surface area contributed by atoms with Gasteiger partial charge in [-0.3, -0.25) is 0 Å². The molecule has 17 heavy (non-hydrogen) atoms.